The van der Waals surface area contributed by atoms with E-state index < -0.39 is 5.25 Å². The topological polar surface area (TPSA) is 78.5 Å². The molecule has 156 valence electrons. The average Bonchev–Trinajstić information content (AvgIpc) is 2.76. The Labute approximate surface area is 180 Å². The number of nitrogens with one attached hydrogen (secondary N) is 2. The summed E-state index contributed by atoms with van der Waals surface area (Å²) in [5.74, 6) is -0.811. The number of carbonyl (C=O) groups excluding carboxylic acids is 3. The first-order valence-electron chi connectivity index (χ1n) is 10.2. The molecule has 0 saturated carbocycles. The van der Waals surface area contributed by atoms with Crippen LogP contribution in [0.4, 0.5) is 5.69 Å². The monoisotopic (exact) mass is 423 g/mol. The molecule has 0 radical (unpaired) electrons. The van der Waals surface area contributed by atoms with Crippen LogP contribution in [0.1, 0.15) is 24.0 Å². The van der Waals surface area contributed by atoms with E-state index in [2.05, 4.69) is 10.6 Å². The van der Waals surface area contributed by atoms with Gasteiger partial charge in [-0.05, 0) is 37.5 Å². The zero-order valence-electron chi connectivity index (χ0n) is 16.9. The number of likely N-dealkylation sites (tertiary alicyclic amines) is 1. The lowest BCUT2D eigenvalue weighted by Gasteiger charge is -2.35. The van der Waals surface area contributed by atoms with E-state index in [1.54, 1.807) is 4.90 Å². The third-order valence-electron chi connectivity index (χ3n) is 5.51. The number of para-hydroxylation sites is 1. The maximum atomic E-state index is 13.1. The molecule has 2 aliphatic rings. The SMILES string of the molecule is Cc1cccc(CNC(=O)[C@@H]2CCCN(C(=O)[C@H]3Sc4ccccc4NC3=O)C2)c1. The molecule has 2 aromatic rings. The van der Waals surface area contributed by atoms with Gasteiger partial charge < -0.3 is 15.5 Å². The number of amides is 3. The molecule has 0 spiro atoms. The minimum Gasteiger partial charge on any atom is -0.352 e. The molecule has 1 saturated heterocycles. The quantitative estimate of drug-likeness (QED) is 0.741. The number of thioether (sulfide) groups is 1. The van der Waals surface area contributed by atoms with Gasteiger partial charge in [0.1, 0.15) is 0 Å². The van der Waals surface area contributed by atoms with Gasteiger partial charge in [0.2, 0.25) is 17.7 Å². The van der Waals surface area contributed by atoms with Crippen LogP contribution in [0.15, 0.2) is 53.4 Å². The number of nitrogens with zero attached hydrogens (tertiary/aromatic N) is 1. The number of hydrogen-bond donors (Lipinski definition) is 2. The maximum Gasteiger partial charge on any atom is 0.247 e. The van der Waals surface area contributed by atoms with Crippen molar-refractivity contribution in [3.8, 4) is 0 Å². The second-order valence-electron chi connectivity index (χ2n) is 7.81. The van der Waals surface area contributed by atoms with Crippen molar-refractivity contribution in [2.75, 3.05) is 18.4 Å². The number of hydrogen-bond acceptors (Lipinski definition) is 4. The summed E-state index contributed by atoms with van der Waals surface area (Å²) in [6.45, 7) is 3.42. The van der Waals surface area contributed by atoms with Crippen LogP contribution in [0.3, 0.4) is 0 Å². The maximum absolute atomic E-state index is 13.1. The molecule has 30 heavy (non-hydrogen) atoms. The number of carbonyl (C=O) groups is 3. The van der Waals surface area contributed by atoms with Gasteiger partial charge in [0.05, 0.1) is 11.6 Å². The standard InChI is InChI=1S/C23H25N3O3S/c1-15-6-4-7-16(12-15)13-24-21(27)17-8-5-11-26(14-17)23(29)20-22(28)25-18-9-2-3-10-19(18)30-20/h2-4,6-7,9-10,12,17,20H,5,8,11,13-14H2,1H3,(H,24,27)(H,25,28)/t17-,20+/m1/s1. The number of piperidine rings is 1. The molecule has 0 bridgehead atoms. The molecular weight excluding hydrogens is 398 g/mol. The summed E-state index contributed by atoms with van der Waals surface area (Å²) in [5, 5.41) is 5.00. The van der Waals surface area contributed by atoms with Crippen molar-refractivity contribution in [3.05, 3.63) is 59.7 Å². The molecule has 4 rings (SSSR count). The zero-order valence-corrected chi connectivity index (χ0v) is 17.7. The van der Waals surface area contributed by atoms with Crippen molar-refractivity contribution < 1.29 is 14.4 Å². The fraction of sp³-hybridized carbons (Fsp3) is 0.348. The van der Waals surface area contributed by atoms with Crippen LogP contribution in [0, 0.1) is 12.8 Å². The van der Waals surface area contributed by atoms with Crippen LogP contribution >= 0.6 is 11.8 Å². The van der Waals surface area contributed by atoms with Crippen LogP contribution in [0.5, 0.6) is 0 Å². The summed E-state index contributed by atoms with van der Waals surface area (Å²) in [4.78, 5) is 40.8. The van der Waals surface area contributed by atoms with E-state index in [-0.39, 0.29) is 23.6 Å². The fourth-order valence-corrected chi connectivity index (χ4v) is 5.00. The van der Waals surface area contributed by atoms with Gasteiger partial charge in [-0.1, -0.05) is 42.0 Å². The molecule has 2 atom stereocenters. The summed E-state index contributed by atoms with van der Waals surface area (Å²) < 4.78 is 0. The first-order chi connectivity index (χ1) is 14.5. The number of aryl methyl sites for hydroxylation is 1. The average molecular weight is 424 g/mol. The highest BCUT2D eigenvalue weighted by atomic mass is 32.2. The van der Waals surface area contributed by atoms with Gasteiger partial charge in [0.15, 0.2) is 5.25 Å². The second kappa shape index (κ2) is 8.92. The molecule has 0 aliphatic carbocycles. The van der Waals surface area contributed by atoms with Gasteiger partial charge in [0, 0.05) is 24.5 Å². The van der Waals surface area contributed by atoms with E-state index in [9.17, 15) is 14.4 Å². The Hall–Kier alpha value is -2.80. The summed E-state index contributed by atoms with van der Waals surface area (Å²) in [7, 11) is 0. The lowest BCUT2D eigenvalue weighted by molar-refractivity contribution is -0.137. The van der Waals surface area contributed by atoms with E-state index in [1.807, 2.05) is 55.5 Å². The third kappa shape index (κ3) is 4.51. The molecular formula is C23H25N3O3S. The van der Waals surface area contributed by atoms with E-state index in [0.29, 0.717) is 19.6 Å². The Morgan fingerprint density at radius 3 is 2.87 bits per heavy atom. The number of anilines is 1. The van der Waals surface area contributed by atoms with Gasteiger partial charge in [0.25, 0.3) is 0 Å². The molecule has 1 fully saturated rings. The van der Waals surface area contributed by atoms with Gasteiger partial charge >= 0.3 is 0 Å². The third-order valence-corrected chi connectivity index (χ3v) is 6.77. The van der Waals surface area contributed by atoms with E-state index in [0.717, 1.165) is 34.6 Å². The largest absolute Gasteiger partial charge is 0.352 e. The van der Waals surface area contributed by atoms with Crippen molar-refractivity contribution in [2.24, 2.45) is 5.92 Å². The minimum atomic E-state index is -0.811. The van der Waals surface area contributed by atoms with Crippen LogP contribution in [0.2, 0.25) is 0 Å². The highest BCUT2D eigenvalue weighted by molar-refractivity contribution is 8.01. The highest BCUT2D eigenvalue weighted by Crippen LogP contribution is 2.36. The Morgan fingerprint density at radius 1 is 1.20 bits per heavy atom. The van der Waals surface area contributed by atoms with Gasteiger partial charge in [-0.3, -0.25) is 14.4 Å². The molecule has 2 heterocycles. The lowest BCUT2D eigenvalue weighted by atomic mass is 9.96. The second-order valence-corrected chi connectivity index (χ2v) is 8.96. The highest BCUT2D eigenvalue weighted by Gasteiger charge is 2.38. The molecule has 0 aromatic heterocycles. The number of fused-ring (bicyclic) bond motifs is 1. The zero-order chi connectivity index (χ0) is 21.1. The summed E-state index contributed by atoms with van der Waals surface area (Å²) >= 11 is 1.28. The molecule has 6 nitrogen and oxygen atoms in total. The summed E-state index contributed by atoms with van der Waals surface area (Å²) in [5.41, 5.74) is 2.95. The number of benzene rings is 2. The molecule has 2 N–H and O–H groups in total. The van der Waals surface area contributed by atoms with E-state index in [1.165, 1.54) is 11.8 Å². The minimum absolute atomic E-state index is 0.0416. The summed E-state index contributed by atoms with van der Waals surface area (Å²) in [6, 6.07) is 15.5. The Bertz CT molecular complexity index is 978. The Kier molecular flexibility index (Phi) is 6.08. The number of rotatable bonds is 4. The molecule has 0 unspecified atom stereocenters. The van der Waals surface area contributed by atoms with Crippen molar-refractivity contribution in [2.45, 2.75) is 36.5 Å². The molecule has 2 aromatic carbocycles. The van der Waals surface area contributed by atoms with Gasteiger partial charge in [-0.15, -0.1) is 11.8 Å². The van der Waals surface area contributed by atoms with Crippen molar-refractivity contribution in [3.63, 3.8) is 0 Å². The molecule has 3 amide bonds. The van der Waals surface area contributed by atoms with Crippen LogP contribution in [-0.4, -0.2) is 41.0 Å². The first-order valence-corrected chi connectivity index (χ1v) is 11.1. The van der Waals surface area contributed by atoms with Crippen LogP contribution in [-0.2, 0) is 20.9 Å². The molecule has 2 aliphatic heterocycles. The lowest BCUT2D eigenvalue weighted by Crippen LogP contribution is -2.50. The molecule has 7 heteroatoms. The first kappa shape index (κ1) is 20.5. The van der Waals surface area contributed by atoms with Crippen LogP contribution < -0.4 is 10.6 Å². The van der Waals surface area contributed by atoms with Crippen molar-refractivity contribution in [1.29, 1.82) is 0 Å². The van der Waals surface area contributed by atoms with E-state index >= 15 is 0 Å². The predicted octanol–water partition coefficient (Wildman–Crippen LogP) is 2.96. The van der Waals surface area contributed by atoms with E-state index in [4.69, 9.17) is 0 Å². The van der Waals surface area contributed by atoms with Crippen LogP contribution in [0.25, 0.3) is 0 Å². The summed E-state index contributed by atoms with van der Waals surface area (Å²) in [6.07, 6.45) is 1.50. The van der Waals surface area contributed by atoms with Crippen molar-refractivity contribution in [1.82, 2.24) is 10.2 Å². The van der Waals surface area contributed by atoms with Gasteiger partial charge in [-0.2, -0.15) is 0 Å². The fourth-order valence-electron chi connectivity index (χ4n) is 3.93. The Balaban J connectivity index is 1.37. The predicted molar refractivity (Wildman–Crippen MR) is 117 cm³/mol. The Morgan fingerprint density at radius 2 is 2.03 bits per heavy atom. The normalized spacial score (nSPS) is 20.8. The van der Waals surface area contributed by atoms with Gasteiger partial charge in [-0.25, -0.2) is 0 Å². The van der Waals surface area contributed by atoms with Crippen molar-refractivity contribution >= 4 is 35.2 Å². The smallest absolute Gasteiger partial charge is 0.247 e.